The fraction of sp³-hybridized carbons (Fsp3) is 0.400. The molecule has 1 atom stereocenters. The van der Waals surface area contributed by atoms with Crippen molar-refractivity contribution in [3.63, 3.8) is 0 Å². The van der Waals surface area contributed by atoms with Crippen molar-refractivity contribution in [3.8, 4) is 0 Å². The van der Waals surface area contributed by atoms with E-state index >= 15 is 0 Å². The number of methoxy groups -OCH3 is 1. The van der Waals surface area contributed by atoms with Gasteiger partial charge >= 0.3 is 0 Å². The lowest BCUT2D eigenvalue weighted by molar-refractivity contribution is -0.128. The lowest BCUT2D eigenvalue weighted by Gasteiger charge is -2.10. The summed E-state index contributed by atoms with van der Waals surface area (Å²) in [7, 11) is -2.45. The van der Waals surface area contributed by atoms with Crippen molar-refractivity contribution in [1.82, 2.24) is 9.71 Å². The normalized spacial score (nSPS) is 13.1. The molecule has 0 aliphatic rings. The van der Waals surface area contributed by atoms with Crippen LogP contribution in [0.1, 0.15) is 12.5 Å². The predicted molar refractivity (Wildman–Crippen MR) is 66.5 cm³/mol. The van der Waals surface area contributed by atoms with Crippen molar-refractivity contribution in [1.29, 1.82) is 0 Å². The van der Waals surface area contributed by atoms with Gasteiger partial charge in [-0.05, 0) is 18.6 Å². The maximum Gasteiger partial charge on any atom is 0.262 e. The maximum absolute atomic E-state index is 11.7. The molecule has 0 spiro atoms. The SMILES string of the molecule is CO[C@H](C)C(=O)NS(=O)(=O)Cc1ccc(Cl)nc1. The van der Waals surface area contributed by atoms with Crippen molar-refractivity contribution < 1.29 is 17.9 Å². The summed E-state index contributed by atoms with van der Waals surface area (Å²) in [6.07, 6.45) is 0.509. The summed E-state index contributed by atoms with van der Waals surface area (Å²) in [4.78, 5) is 15.1. The van der Waals surface area contributed by atoms with Crippen LogP contribution in [0.15, 0.2) is 18.3 Å². The fourth-order valence-electron chi connectivity index (χ4n) is 1.09. The molecular formula is C10H13ClN2O4S. The van der Waals surface area contributed by atoms with Crippen LogP contribution in [0, 0.1) is 0 Å². The van der Waals surface area contributed by atoms with Gasteiger partial charge in [-0.3, -0.25) is 9.52 Å². The number of nitrogens with zero attached hydrogens (tertiary/aromatic N) is 1. The zero-order chi connectivity index (χ0) is 13.8. The third-order valence-corrected chi connectivity index (χ3v) is 3.57. The van der Waals surface area contributed by atoms with Crippen molar-refractivity contribution in [2.24, 2.45) is 0 Å². The molecule has 1 heterocycles. The second-order valence-corrected chi connectivity index (χ2v) is 5.70. The highest BCUT2D eigenvalue weighted by Crippen LogP contribution is 2.08. The molecule has 100 valence electrons. The van der Waals surface area contributed by atoms with Gasteiger partial charge in [0.25, 0.3) is 5.91 Å². The first-order valence-corrected chi connectivity index (χ1v) is 7.04. The number of carbonyl (C=O) groups excluding carboxylic acids is 1. The molecule has 0 aliphatic carbocycles. The number of hydrogen-bond acceptors (Lipinski definition) is 5. The Hall–Kier alpha value is -1.18. The van der Waals surface area contributed by atoms with Gasteiger partial charge in [0.1, 0.15) is 11.3 Å². The van der Waals surface area contributed by atoms with E-state index in [4.69, 9.17) is 16.3 Å². The van der Waals surface area contributed by atoms with Crippen molar-refractivity contribution in [3.05, 3.63) is 29.0 Å². The highest BCUT2D eigenvalue weighted by Gasteiger charge is 2.19. The second-order valence-electron chi connectivity index (χ2n) is 3.59. The molecule has 0 bridgehead atoms. The summed E-state index contributed by atoms with van der Waals surface area (Å²) >= 11 is 5.58. The first-order chi connectivity index (χ1) is 8.34. The van der Waals surface area contributed by atoms with Gasteiger partial charge in [-0.2, -0.15) is 0 Å². The topological polar surface area (TPSA) is 85.4 Å². The Morgan fingerprint density at radius 2 is 2.22 bits per heavy atom. The molecule has 0 saturated carbocycles. The van der Waals surface area contributed by atoms with Crippen molar-refractivity contribution in [2.45, 2.75) is 18.8 Å². The van der Waals surface area contributed by atoms with E-state index < -0.39 is 22.0 Å². The molecule has 1 aromatic heterocycles. The van der Waals surface area contributed by atoms with E-state index in [1.807, 2.05) is 4.72 Å². The number of carbonyl (C=O) groups is 1. The van der Waals surface area contributed by atoms with Crippen LogP contribution >= 0.6 is 11.6 Å². The number of rotatable bonds is 5. The van der Waals surface area contributed by atoms with Crippen LogP contribution in [0.3, 0.4) is 0 Å². The lowest BCUT2D eigenvalue weighted by atomic mass is 10.3. The molecule has 0 fully saturated rings. The number of ether oxygens (including phenoxy) is 1. The Labute approximate surface area is 110 Å². The fourth-order valence-corrected chi connectivity index (χ4v) is 2.36. The van der Waals surface area contributed by atoms with Crippen LogP contribution in [-0.2, 0) is 25.3 Å². The number of sulfonamides is 1. The number of halogens is 1. The van der Waals surface area contributed by atoms with E-state index in [1.54, 1.807) is 0 Å². The lowest BCUT2D eigenvalue weighted by Crippen LogP contribution is -2.38. The van der Waals surface area contributed by atoms with E-state index in [1.165, 1.54) is 32.4 Å². The second kappa shape index (κ2) is 6.12. The summed E-state index contributed by atoms with van der Waals surface area (Å²) < 4.78 is 30.0. The predicted octanol–water partition coefficient (Wildman–Crippen LogP) is 0.716. The number of hydrogen-bond donors (Lipinski definition) is 1. The highest BCUT2D eigenvalue weighted by atomic mass is 35.5. The van der Waals surface area contributed by atoms with Gasteiger partial charge in [0.05, 0.1) is 5.75 Å². The van der Waals surface area contributed by atoms with E-state index in [-0.39, 0.29) is 10.9 Å². The van der Waals surface area contributed by atoms with E-state index in [0.717, 1.165) is 0 Å². The quantitative estimate of drug-likeness (QED) is 0.808. The molecule has 0 aromatic carbocycles. The summed E-state index contributed by atoms with van der Waals surface area (Å²) in [5, 5.41) is 0.271. The van der Waals surface area contributed by atoms with Gasteiger partial charge in [-0.1, -0.05) is 17.7 Å². The molecule has 1 aromatic rings. The number of nitrogens with one attached hydrogen (secondary N) is 1. The van der Waals surface area contributed by atoms with Crippen LogP contribution in [0.2, 0.25) is 5.15 Å². The molecule has 0 unspecified atom stereocenters. The number of aromatic nitrogens is 1. The Balaban J connectivity index is 2.71. The van der Waals surface area contributed by atoms with E-state index in [9.17, 15) is 13.2 Å². The average molecular weight is 293 g/mol. The molecule has 6 nitrogen and oxygen atoms in total. The van der Waals surface area contributed by atoms with Gasteiger partial charge in [-0.15, -0.1) is 0 Å². The van der Waals surface area contributed by atoms with Gasteiger partial charge < -0.3 is 4.74 Å². The third kappa shape index (κ3) is 4.59. The minimum Gasteiger partial charge on any atom is -0.372 e. The summed E-state index contributed by atoms with van der Waals surface area (Å²) in [6, 6.07) is 3.00. The van der Waals surface area contributed by atoms with E-state index in [0.29, 0.717) is 5.56 Å². The Bertz CT molecular complexity index is 515. The van der Waals surface area contributed by atoms with Gasteiger partial charge in [0, 0.05) is 13.3 Å². The maximum atomic E-state index is 11.7. The summed E-state index contributed by atoms with van der Waals surface area (Å²) in [5.41, 5.74) is 0.435. The third-order valence-electron chi connectivity index (χ3n) is 2.12. The number of pyridine rings is 1. The first kappa shape index (κ1) is 14.9. The van der Waals surface area contributed by atoms with Crippen LogP contribution in [-0.4, -0.2) is 32.5 Å². The zero-order valence-corrected chi connectivity index (χ0v) is 11.5. The first-order valence-electron chi connectivity index (χ1n) is 5.01. The van der Waals surface area contributed by atoms with Crippen LogP contribution < -0.4 is 4.72 Å². The molecule has 18 heavy (non-hydrogen) atoms. The molecule has 0 radical (unpaired) electrons. The van der Waals surface area contributed by atoms with Crippen molar-refractivity contribution in [2.75, 3.05) is 7.11 Å². The minimum absolute atomic E-state index is 0.271. The minimum atomic E-state index is -3.76. The smallest absolute Gasteiger partial charge is 0.262 e. The summed E-state index contributed by atoms with van der Waals surface area (Å²) in [6.45, 7) is 1.45. The molecule has 8 heteroatoms. The zero-order valence-electron chi connectivity index (χ0n) is 9.88. The molecule has 0 aliphatic heterocycles. The standard InChI is InChI=1S/C10H13ClN2O4S/c1-7(17-2)10(14)13-18(15,16)6-8-3-4-9(11)12-5-8/h3-5,7H,6H2,1-2H3,(H,13,14)/t7-/m1/s1. The molecule has 1 amide bonds. The highest BCUT2D eigenvalue weighted by molar-refractivity contribution is 7.89. The van der Waals surface area contributed by atoms with Gasteiger partial charge in [0.2, 0.25) is 10.0 Å². The monoisotopic (exact) mass is 292 g/mol. The molecule has 1 rings (SSSR count). The largest absolute Gasteiger partial charge is 0.372 e. The van der Waals surface area contributed by atoms with Gasteiger partial charge in [0.15, 0.2) is 0 Å². The molecule has 1 N–H and O–H groups in total. The Morgan fingerprint density at radius 1 is 1.56 bits per heavy atom. The Morgan fingerprint density at radius 3 is 2.72 bits per heavy atom. The van der Waals surface area contributed by atoms with Crippen LogP contribution in [0.4, 0.5) is 0 Å². The summed E-state index contributed by atoms with van der Waals surface area (Å²) in [5.74, 6) is -1.06. The Kier molecular flexibility index (Phi) is 5.06. The number of amides is 1. The van der Waals surface area contributed by atoms with Crippen LogP contribution in [0.25, 0.3) is 0 Å². The van der Waals surface area contributed by atoms with Crippen molar-refractivity contribution >= 4 is 27.5 Å². The van der Waals surface area contributed by atoms with E-state index in [2.05, 4.69) is 4.98 Å². The van der Waals surface area contributed by atoms with Crippen LogP contribution in [0.5, 0.6) is 0 Å². The molecule has 0 saturated heterocycles. The average Bonchev–Trinajstić information content (AvgIpc) is 2.30. The molecular weight excluding hydrogens is 280 g/mol. The van der Waals surface area contributed by atoms with Gasteiger partial charge in [-0.25, -0.2) is 13.4 Å².